The Bertz CT molecular complexity index is 1300. The SMILES string of the molecule is c1cncc(-c2cccc(-c3cccnc3)c2N2c3ccccc3Sc3ccccc32)c1. The van der Waals surface area contributed by atoms with Crippen LogP contribution in [0.2, 0.25) is 0 Å². The molecule has 32 heavy (non-hydrogen) atoms. The zero-order chi connectivity index (χ0) is 21.3. The van der Waals surface area contributed by atoms with Gasteiger partial charge in [-0.25, -0.2) is 0 Å². The standard InChI is InChI=1S/C28H19N3S/c1-3-14-26-24(12-1)31(25-13-2-4-15-27(25)32-26)28-22(20-8-6-16-29-18-20)10-5-11-23(28)21-9-7-17-30-19-21/h1-19H. The van der Waals surface area contributed by atoms with Crippen molar-refractivity contribution in [2.45, 2.75) is 9.79 Å². The molecule has 1 aliphatic heterocycles. The lowest BCUT2D eigenvalue weighted by Gasteiger charge is -2.35. The Hall–Kier alpha value is -3.89. The van der Waals surface area contributed by atoms with E-state index in [0.717, 1.165) is 27.9 Å². The molecule has 6 rings (SSSR count). The second kappa shape index (κ2) is 7.98. The van der Waals surface area contributed by atoms with E-state index in [-0.39, 0.29) is 0 Å². The predicted molar refractivity (Wildman–Crippen MR) is 132 cm³/mol. The Kier molecular flexibility index (Phi) is 4.70. The van der Waals surface area contributed by atoms with Gasteiger partial charge in [0.15, 0.2) is 0 Å². The molecular weight excluding hydrogens is 410 g/mol. The van der Waals surface area contributed by atoms with Crippen LogP contribution in [-0.2, 0) is 0 Å². The molecule has 5 aromatic rings. The first-order chi connectivity index (χ1) is 15.9. The van der Waals surface area contributed by atoms with Gasteiger partial charge >= 0.3 is 0 Å². The molecule has 4 heteroatoms. The number of anilines is 3. The van der Waals surface area contributed by atoms with Crippen LogP contribution in [0, 0.1) is 0 Å². The lowest BCUT2D eigenvalue weighted by atomic mass is 9.95. The fourth-order valence-electron chi connectivity index (χ4n) is 4.24. The van der Waals surface area contributed by atoms with E-state index in [9.17, 15) is 0 Å². The number of para-hydroxylation sites is 3. The van der Waals surface area contributed by atoms with Gasteiger partial charge in [-0.2, -0.15) is 0 Å². The van der Waals surface area contributed by atoms with E-state index in [4.69, 9.17) is 0 Å². The van der Waals surface area contributed by atoms with Gasteiger partial charge in [-0.1, -0.05) is 66.4 Å². The minimum absolute atomic E-state index is 1.08. The number of nitrogens with zero attached hydrogens (tertiary/aromatic N) is 3. The lowest BCUT2D eigenvalue weighted by Crippen LogP contribution is -2.16. The molecule has 0 saturated carbocycles. The molecule has 0 N–H and O–H groups in total. The highest BCUT2D eigenvalue weighted by molar-refractivity contribution is 7.99. The fourth-order valence-corrected chi connectivity index (χ4v) is 5.30. The minimum atomic E-state index is 1.08. The molecule has 0 fully saturated rings. The molecule has 1 aliphatic rings. The Morgan fingerprint density at radius 3 is 1.56 bits per heavy atom. The topological polar surface area (TPSA) is 29.0 Å². The Labute approximate surface area is 191 Å². The molecule has 152 valence electrons. The maximum Gasteiger partial charge on any atom is 0.0620 e. The van der Waals surface area contributed by atoms with Gasteiger partial charge in [-0.05, 0) is 36.4 Å². The van der Waals surface area contributed by atoms with Gasteiger partial charge in [0.1, 0.15) is 0 Å². The third kappa shape index (κ3) is 3.17. The fraction of sp³-hybridized carbons (Fsp3) is 0. The average molecular weight is 430 g/mol. The van der Waals surface area contributed by atoms with Crippen LogP contribution in [0.4, 0.5) is 17.1 Å². The van der Waals surface area contributed by atoms with E-state index in [1.807, 2.05) is 48.7 Å². The van der Waals surface area contributed by atoms with Gasteiger partial charge in [-0.15, -0.1) is 0 Å². The molecule has 0 bridgehead atoms. The normalized spacial score (nSPS) is 12.2. The monoisotopic (exact) mass is 429 g/mol. The van der Waals surface area contributed by atoms with Gasteiger partial charge in [0, 0.05) is 56.8 Å². The summed E-state index contributed by atoms with van der Waals surface area (Å²) in [5.41, 5.74) is 7.93. The number of fused-ring (bicyclic) bond motifs is 2. The Morgan fingerprint density at radius 1 is 0.531 bits per heavy atom. The molecule has 0 saturated heterocycles. The highest BCUT2D eigenvalue weighted by atomic mass is 32.2. The van der Waals surface area contributed by atoms with E-state index in [2.05, 4.69) is 93.7 Å². The molecule has 0 aliphatic carbocycles. The van der Waals surface area contributed by atoms with Gasteiger partial charge in [0.05, 0.1) is 17.1 Å². The summed E-state index contributed by atoms with van der Waals surface area (Å²) in [5, 5.41) is 0. The van der Waals surface area contributed by atoms with E-state index < -0.39 is 0 Å². The number of hydrogen-bond donors (Lipinski definition) is 0. The summed E-state index contributed by atoms with van der Waals surface area (Å²) in [6, 6.07) is 31.9. The van der Waals surface area contributed by atoms with Gasteiger partial charge < -0.3 is 4.90 Å². The average Bonchev–Trinajstić information content (AvgIpc) is 2.88. The van der Waals surface area contributed by atoms with Crippen molar-refractivity contribution in [1.82, 2.24) is 9.97 Å². The molecule has 0 spiro atoms. The zero-order valence-corrected chi connectivity index (χ0v) is 18.0. The van der Waals surface area contributed by atoms with Crippen LogP contribution in [-0.4, -0.2) is 9.97 Å². The molecule has 0 atom stereocenters. The molecule has 3 nitrogen and oxygen atoms in total. The first-order valence-corrected chi connectivity index (χ1v) is 11.3. The molecule has 2 aromatic heterocycles. The highest BCUT2D eigenvalue weighted by Crippen LogP contribution is 2.54. The first-order valence-electron chi connectivity index (χ1n) is 10.5. The molecular formula is C28H19N3S. The van der Waals surface area contributed by atoms with E-state index in [1.54, 1.807) is 0 Å². The first kappa shape index (κ1) is 18.8. The number of aromatic nitrogens is 2. The number of hydrogen-bond acceptors (Lipinski definition) is 4. The maximum absolute atomic E-state index is 4.40. The minimum Gasteiger partial charge on any atom is -0.307 e. The maximum atomic E-state index is 4.40. The molecule has 0 unspecified atom stereocenters. The zero-order valence-electron chi connectivity index (χ0n) is 17.2. The molecule has 3 heterocycles. The Morgan fingerprint density at radius 2 is 1.06 bits per heavy atom. The van der Waals surface area contributed by atoms with Crippen molar-refractivity contribution in [3.05, 3.63) is 116 Å². The van der Waals surface area contributed by atoms with E-state index >= 15 is 0 Å². The van der Waals surface area contributed by atoms with Crippen molar-refractivity contribution in [3.8, 4) is 22.3 Å². The van der Waals surface area contributed by atoms with Crippen LogP contribution in [0.5, 0.6) is 0 Å². The van der Waals surface area contributed by atoms with E-state index in [0.29, 0.717) is 0 Å². The summed E-state index contributed by atoms with van der Waals surface area (Å²) in [6.45, 7) is 0. The summed E-state index contributed by atoms with van der Waals surface area (Å²) in [5.74, 6) is 0. The van der Waals surface area contributed by atoms with Crippen LogP contribution in [0.15, 0.2) is 126 Å². The van der Waals surface area contributed by atoms with Crippen LogP contribution in [0.25, 0.3) is 22.3 Å². The van der Waals surface area contributed by atoms with Crippen molar-refractivity contribution in [2.75, 3.05) is 4.90 Å². The second-order valence-corrected chi connectivity index (χ2v) is 8.64. The van der Waals surface area contributed by atoms with Crippen LogP contribution >= 0.6 is 11.8 Å². The molecule has 3 aromatic carbocycles. The van der Waals surface area contributed by atoms with Crippen LogP contribution in [0.3, 0.4) is 0 Å². The quantitative estimate of drug-likeness (QED) is 0.288. The van der Waals surface area contributed by atoms with E-state index in [1.165, 1.54) is 21.2 Å². The third-order valence-electron chi connectivity index (χ3n) is 5.64. The van der Waals surface area contributed by atoms with Crippen molar-refractivity contribution < 1.29 is 0 Å². The summed E-state index contributed by atoms with van der Waals surface area (Å²) in [6.07, 6.45) is 7.50. The van der Waals surface area contributed by atoms with Crippen molar-refractivity contribution >= 4 is 28.8 Å². The van der Waals surface area contributed by atoms with Crippen molar-refractivity contribution in [1.29, 1.82) is 0 Å². The van der Waals surface area contributed by atoms with Crippen LogP contribution < -0.4 is 4.90 Å². The molecule has 0 amide bonds. The summed E-state index contributed by atoms with van der Waals surface area (Å²) in [4.78, 5) is 13.7. The Balaban J connectivity index is 1.71. The number of rotatable bonds is 3. The molecule has 0 radical (unpaired) electrons. The highest BCUT2D eigenvalue weighted by Gasteiger charge is 2.28. The van der Waals surface area contributed by atoms with Gasteiger partial charge in [0.25, 0.3) is 0 Å². The summed E-state index contributed by atoms with van der Waals surface area (Å²) in [7, 11) is 0. The third-order valence-corrected chi connectivity index (χ3v) is 6.77. The predicted octanol–water partition coefficient (Wildman–Crippen LogP) is 7.75. The van der Waals surface area contributed by atoms with Crippen molar-refractivity contribution in [2.24, 2.45) is 0 Å². The van der Waals surface area contributed by atoms with Crippen LogP contribution in [0.1, 0.15) is 0 Å². The van der Waals surface area contributed by atoms with Crippen molar-refractivity contribution in [3.63, 3.8) is 0 Å². The second-order valence-electron chi connectivity index (χ2n) is 7.56. The number of pyridine rings is 2. The number of benzene rings is 3. The van der Waals surface area contributed by atoms with Gasteiger partial charge in [0.2, 0.25) is 0 Å². The summed E-state index contributed by atoms with van der Waals surface area (Å²) >= 11 is 1.82. The summed E-state index contributed by atoms with van der Waals surface area (Å²) < 4.78 is 0. The largest absolute Gasteiger partial charge is 0.307 e. The lowest BCUT2D eigenvalue weighted by molar-refractivity contribution is 1.16. The smallest absolute Gasteiger partial charge is 0.0620 e. The van der Waals surface area contributed by atoms with Gasteiger partial charge in [-0.3, -0.25) is 9.97 Å².